The van der Waals surface area contributed by atoms with E-state index in [-0.39, 0.29) is 0 Å². The summed E-state index contributed by atoms with van der Waals surface area (Å²) < 4.78 is 0. The van der Waals surface area contributed by atoms with Crippen LogP contribution in [0, 0.1) is 0 Å². The molecule has 0 aliphatic rings. The SMILES string of the molecule is Nc1ccccc1NNc1ccc(Nc2ccc(NNc3ccccc3N)cc2)cc1. The summed E-state index contributed by atoms with van der Waals surface area (Å²) in [6.07, 6.45) is 0. The molecule has 4 aromatic rings. The molecule has 0 heterocycles. The summed E-state index contributed by atoms with van der Waals surface area (Å²) in [6.45, 7) is 0. The Kier molecular flexibility index (Phi) is 5.95. The summed E-state index contributed by atoms with van der Waals surface area (Å²) in [7, 11) is 0. The third kappa shape index (κ3) is 5.30. The zero-order chi connectivity index (χ0) is 21.5. The van der Waals surface area contributed by atoms with Gasteiger partial charge < -0.3 is 27.6 Å². The Morgan fingerprint density at radius 1 is 0.387 bits per heavy atom. The second-order valence-corrected chi connectivity index (χ2v) is 6.95. The van der Waals surface area contributed by atoms with Gasteiger partial charge in [0, 0.05) is 11.4 Å². The van der Waals surface area contributed by atoms with Gasteiger partial charge in [-0.3, -0.25) is 10.9 Å². The molecule has 0 unspecified atom stereocenters. The second kappa shape index (κ2) is 9.32. The lowest BCUT2D eigenvalue weighted by atomic mass is 10.2. The lowest BCUT2D eigenvalue weighted by Crippen LogP contribution is -2.10. The zero-order valence-electron chi connectivity index (χ0n) is 16.9. The van der Waals surface area contributed by atoms with Crippen molar-refractivity contribution in [1.29, 1.82) is 0 Å². The molecule has 0 amide bonds. The lowest BCUT2D eigenvalue weighted by molar-refractivity contribution is 1.40. The van der Waals surface area contributed by atoms with E-state index in [1.807, 2.05) is 97.1 Å². The summed E-state index contributed by atoms with van der Waals surface area (Å²) >= 11 is 0. The van der Waals surface area contributed by atoms with Crippen molar-refractivity contribution in [2.24, 2.45) is 0 Å². The van der Waals surface area contributed by atoms with Gasteiger partial charge in [0.25, 0.3) is 0 Å². The molecule has 0 atom stereocenters. The quantitative estimate of drug-likeness (QED) is 0.152. The average molecular weight is 412 g/mol. The monoisotopic (exact) mass is 411 g/mol. The molecule has 7 nitrogen and oxygen atoms in total. The van der Waals surface area contributed by atoms with Gasteiger partial charge in [-0.05, 0) is 72.8 Å². The van der Waals surface area contributed by atoms with Crippen molar-refractivity contribution in [3.05, 3.63) is 97.1 Å². The van der Waals surface area contributed by atoms with E-state index in [9.17, 15) is 0 Å². The minimum Gasteiger partial charge on any atom is -0.397 e. The highest BCUT2D eigenvalue weighted by Gasteiger charge is 2.00. The number of nitrogens with one attached hydrogen (secondary N) is 5. The number of para-hydroxylation sites is 4. The van der Waals surface area contributed by atoms with Gasteiger partial charge in [0.15, 0.2) is 0 Å². The molecule has 9 N–H and O–H groups in total. The number of hydrogen-bond acceptors (Lipinski definition) is 7. The van der Waals surface area contributed by atoms with E-state index in [4.69, 9.17) is 11.5 Å². The first-order valence-electron chi connectivity index (χ1n) is 9.87. The van der Waals surface area contributed by atoms with Crippen LogP contribution in [0.5, 0.6) is 0 Å². The lowest BCUT2D eigenvalue weighted by Gasteiger charge is -2.13. The Balaban J connectivity index is 1.30. The van der Waals surface area contributed by atoms with Crippen LogP contribution < -0.4 is 38.5 Å². The number of hydrogen-bond donors (Lipinski definition) is 7. The van der Waals surface area contributed by atoms with E-state index in [2.05, 4.69) is 27.0 Å². The Hall–Kier alpha value is -4.52. The number of nitrogen functional groups attached to an aromatic ring is 2. The zero-order valence-corrected chi connectivity index (χ0v) is 16.9. The molecule has 0 saturated carbocycles. The van der Waals surface area contributed by atoms with Crippen LogP contribution in [0.1, 0.15) is 0 Å². The number of hydrazine groups is 2. The maximum Gasteiger partial charge on any atom is 0.0769 e. The van der Waals surface area contributed by atoms with E-state index >= 15 is 0 Å². The average Bonchev–Trinajstić information content (AvgIpc) is 2.80. The molecular weight excluding hydrogens is 386 g/mol. The summed E-state index contributed by atoms with van der Waals surface area (Å²) in [6, 6.07) is 31.2. The Morgan fingerprint density at radius 3 is 1.13 bits per heavy atom. The first-order valence-corrected chi connectivity index (χ1v) is 9.87. The molecule has 0 bridgehead atoms. The molecule has 31 heavy (non-hydrogen) atoms. The highest BCUT2D eigenvalue weighted by atomic mass is 15.4. The van der Waals surface area contributed by atoms with Crippen LogP contribution >= 0.6 is 0 Å². The highest BCUT2D eigenvalue weighted by molar-refractivity contribution is 5.70. The third-order valence-corrected chi connectivity index (χ3v) is 4.66. The van der Waals surface area contributed by atoms with Crippen LogP contribution in [0.25, 0.3) is 0 Å². The van der Waals surface area contributed by atoms with Crippen molar-refractivity contribution >= 4 is 45.5 Å². The number of anilines is 8. The van der Waals surface area contributed by atoms with Crippen LogP contribution in [0.4, 0.5) is 45.5 Å². The first-order chi connectivity index (χ1) is 15.2. The molecule has 7 heteroatoms. The van der Waals surface area contributed by atoms with Gasteiger partial charge in [0.2, 0.25) is 0 Å². The molecule has 156 valence electrons. The van der Waals surface area contributed by atoms with Gasteiger partial charge in [-0.2, -0.15) is 0 Å². The van der Waals surface area contributed by atoms with Crippen LogP contribution in [-0.4, -0.2) is 0 Å². The van der Waals surface area contributed by atoms with Crippen LogP contribution in [0.3, 0.4) is 0 Å². The van der Waals surface area contributed by atoms with Crippen LogP contribution in [0.15, 0.2) is 97.1 Å². The van der Waals surface area contributed by atoms with Crippen molar-refractivity contribution in [2.75, 3.05) is 38.5 Å². The van der Waals surface area contributed by atoms with Gasteiger partial charge in [-0.15, -0.1) is 0 Å². The van der Waals surface area contributed by atoms with E-state index < -0.39 is 0 Å². The number of rotatable bonds is 8. The minimum atomic E-state index is 0.689. The maximum atomic E-state index is 5.93. The molecule has 0 radical (unpaired) electrons. The van der Waals surface area contributed by atoms with Crippen molar-refractivity contribution in [1.82, 2.24) is 0 Å². The van der Waals surface area contributed by atoms with E-state index in [0.29, 0.717) is 11.4 Å². The van der Waals surface area contributed by atoms with Crippen molar-refractivity contribution < 1.29 is 0 Å². The molecular formula is C24H25N7. The van der Waals surface area contributed by atoms with Crippen LogP contribution in [-0.2, 0) is 0 Å². The predicted molar refractivity (Wildman–Crippen MR) is 132 cm³/mol. The summed E-state index contributed by atoms with van der Waals surface area (Å²) in [5.74, 6) is 0. The fourth-order valence-electron chi connectivity index (χ4n) is 2.94. The fraction of sp³-hybridized carbons (Fsp3) is 0. The first kappa shape index (κ1) is 19.8. The Bertz CT molecular complexity index is 1030. The smallest absolute Gasteiger partial charge is 0.0769 e. The van der Waals surface area contributed by atoms with E-state index in [1.54, 1.807) is 0 Å². The van der Waals surface area contributed by atoms with Gasteiger partial charge in [-0.1, -0.05) is 24.3 Å². The summed E-state index contributed by atoms with van der Waals surface area (Å²) in [4.78, 5) is 0. The Morgan fingerprint density at radius 2 is 0.742 bits per heavy atom. The molecule has 0 spiro atoms. The van der Waals surface area contributed by atoms with Gasteiger partial charge >= 0.3 is 0 Å². The van der Waals surface area contributed by atoms with Gasteiger partial charge in [0.05, 0.1) is 34.1 Å². The molecule has 0 aliphatic carbocycles. The largest absolute Gasteiger partial charge is 0.397 e. The maximum absolute atomic E-state index is 5.93. The van der Waals surface area contributed by atoms with Crippen LogP contribution in [0.2, 0.25) is 0 Å². The van der Waals surface area contributed by atoms with Crippen molar-refractivity contribution in [2.45, 2.75) is 0 Å². The van der Waals surface area contributed by atoms with Gasteiger partial charge in [0.1, 0.15) is 0 Å². The summed E-state index contributed by atoms with van der Waals surface area (Å²) in [5.41, 5.74) is 31.3. The molecule has 0 aromatic heterocycles. The van der Waals surface area contributed by atoms with Gasteiger partial charge in [-0.25, -0.2) is 0 Å². The van der Waals surface area contributed by atoms with E-state index in [1.165, 1.54) is 0 Å². The molecule has 4 aromatic carbocycles. The highest BCUT2D eigenvalue weighted by Crippen LogP contribution is 2.23. The van der Waals surface area contributed by atoms with Crippen molar-refractivity contribution in [3.8, 4) is 0 Å². The molecule has 0 fully saturated rings. The topological polar surface area (TPSA) is 112 Å². The summed E-state index contributed by atoms with van der Waals surface area (Å²) in [5, 5.41) is 3.39. The third-order valence-electron chi connectivity index (χ3n) is 4.66. The van der Waals surface area contributed by atoms with Crippen molar-refractivity contribution in [3.63, 3.8) is 0 Å². The van der Waals surface area contributed by atoms with E-state index in [0.717, 1.165) is 34.1 Å². The second-order valence-electron chi connectivity index (χ2n) is 6.95. The molecule has 4 rings (SSSR count). The fourth-order valence-corrected chi connectivity index (χ4v) is 2.94. The molecule has 0 saturated heterocycles. The number of nitrogens with two attached hydrogens (primary N) is 2. The standard InChI is InChI=1S/C24H25N7/c25-21-5-1-3-7-23(21)30-28-19-13-9-17(10-14-19)27-18-11-15-20(16-12-18)29-31-24-8-4-2-6-22(24)26/h1-16,27-31H,25-26H2. The predicted octanol–water partition coefficient (Wildman–Crippen LogP) is 5.47. The Labute approximate surface area is 181 Å². The normalized spacial score (nSPS) is 10.2. The minimum absolute atomic E-state index is 0.689. The number of benzene rings is 4. The molecule has 0 aliphatic heterocycles.